The van der Waals surface area contributed by atoms with Gasteiger partial charge in [0.15, 0.2) is 0 Å². The van der Waals surface area contributed by atoms with Gasteiger partial charge in [0.05, 0.1) is 0 Å². The molecule has 0 aromatic carbocycles. The fraction of sp³-hybridized carbons (Fsp3) is 0.778. The SMILES string of the molecule is FC(F)(F)c1nnc(NCCN2CCSCC2)s1. The molecule has 1 N–H and O–H groups in total. The minimum atomic E-state index is -4.40. The van der Waals surface area contributed by atoms with Crippen LogP contribution in [0.15, 0.2) is 0 Å². The van der Waals surface area contributed by atoms with Crippen molar-refractivity contribution in [2.24, 2.45) is 0 Å². The molecule has 102 valence electrons. The third-order valence-electron chi connectivity index (χ3n) is 2.48. The molecule has 9 heteroatoms. The van der Waals surface area contributed by atoms with Gasteiger partial charge in [0.1, 0.15) is 0 Å². The number of alkyl halides is 3. The number of rotatable bonds is 4. The van der Waals surface area contributed by atoms with Gasteiger partial charge in [0.2, 0.25) is 10.1 Å². The molecule has 1 aliphatic heterocycles. The Labute approximate surface area is 111 Å². The maximum absolute atomic E-state index is 12.3. The fourth-order valence-corrected chi connectivity index (χ4v) is 3.17. The van der Waals surface area contributed by atoms with Crippen LogP contribution in [0.1, 0.15) is 5.01 Å². The van der Waals surface area contributed by atoms with Crippen LogP contribution in [-0.2, 0) is 6.18 Å². The molecule has 0 unspecified atom stereocenters. The van der Waals surface area contributed by atoms with Crippen LogP contribution >= 0.6 is 23.1 Å². The van der Waals surface area contributed by atoms with E-state index in [-0.39, 0.29) is 5.13 Å². The van der Waals surface area contributed by atoms with Crippen molar-refractivity contribution in [3.63, 3.8) is 0 Å². The highest BCUT2D eigenvalue weighted by Gasteiger charge is 2.35. The van der Waals surface area contributed by atoms with E-state index in [1.54, 1.807) is 0 Å². The topological polar surface area (TPSA) is 41.1 Å². The molecule has 0 atom stereocenters. The zero-order valence-electron chi connectivity index (χ0n) is 9.53. The van der Waals surface area contributed by atoms with Gasteiger partial charge in [0.25, 0.3) is 0 Å². The van der Waals surface area contributed by atoms with E-state index in [1.165, 1.54) is 0 Å². The first-order valence-corrected chi connectivity index (χ1v) is 7.47. The molecular weight excluding hydrogens is 285 g/mol. The molecule has 1 aromatic heterocycles. The van der Waals surface area contributed by atoms with Crippen molar-refractivity contribution in [2.75, 3.05) is 43.0 Å². The molecule has 0 saturated carbocycles. The van der Waals surface area contributed by atoms with Crippen molar-refractivity contribution in [1.29, 1.82) is 0 Å². The van der Waals surface area contributed by atoms with Gasteiger partial charge in [-0.2, -0.15) is 24.9 Å². The molecular formula is C9H13F3N4S2. The lowest BCUT2D eigenvalue weighted by atomic mass is 10.4. The Morgan fingerprint density at radius 2 is 1.94 bits per heavy atom. The summed E-state index contributed by atoms with van der Waals surface area (Å²) in [4.78, 5) is 2.29. The second-order valence-corrected chi connectivity index (χ2v) is 5.99. The summed E-state index contributed by atoms with van der Waals surface area (Å²) in [5.41, 5.74) is 0. The molecule has 18 heavy (non-hydrogen) atoms. The van der Waals surface area contributed by atoms with Crippen molar-refractivity contribution >= 4 is 28.2 Å². The summed E-state index contributed by atoms with van der Waals surface area (Å²) >= 11 is 2.47. The first-order chi connectivity index (χ1) is 8.55. The zero-order chi connectivity index (χ0) is 13.0. The van der Waals surface area contributed by atoms with E-state index in [9.17, 15) is 13.2 Å². The first kappa shape index (κ1) is 13.9. The summed E-state index contributed by atoms with van der Waals surface area (Å²) in [7, 11) is 0. The summed E-state index contributed by atoms with van der Waals surface area (Å²) < 4.78 is 36.9. The molecule has 1 saturated heterocycles. The molecule has 0 aliphatic carbocycles. The summed E-state index contributed by atoms with van der Waals surface area (Å²) in [6.07, 6.45) is -4.40. The second-order valence-electron chi connectivity index (χ2n) is 3.79. The number of nitrogens with one attached hydrogen (secondary N) is 1. The van der Waals surface area contributed by atoms with Crippen LogP contribution in [0.2, 0.25) is 0 Å². The van der Waals surface area contributed by atoms with E-state index in [0.29, 0.717) is 17.9 Å². The normalized spacial score (nSPS) is 17.9. The number of nitrogens with zero attached hydrogens (tertiary/aromatic N) is 3. The van der Waals surface area contributed by atoms with Crippen LogP contribution in [0, 0.1) is 0 Å². The molecule has 2 rings (SSSR count). The Kier molecular flexibility index (Phi) is 4.68. The molecule has 2 heterocycles. The Morgan fingerprint density at radius 1 is 1.22 bits per heavy atom. The van der Waals surface area contributed by atoms with Gasteiger partial charge in [-0.1, -0.05) is 11.3 Å². The van der Waals surface area contributed by atoms with Crippen LogP contribution in [0.5, 0.6) is 0 Å². The van der Waals surface area contributed by atoms with E-state index >= 15 is 0 Å². The molecule has 0 radical (unpaired) electrons. The first-order valence-electron chi connectivity index (χ1n) is 5.50. The van der Waals surface area contributed by atoms with Crippen LogP contribution in [0.25, 0.3) is 0 Å². The monoisotopic (exact) mass is 298 g/mol. The van der Waals surface area contributed by atoms with E-state index in [1.807, 2.05) is 11.8 Å². The van der Waals surface area contributed by atoms with Gasteiger partial charge in [-0.05, 0) is 0 Å². The largest absolute Gasteiger partial charge is 0.445 e. The van der Waals surface area contributed by atoms with Crippen molar-refractivity contribution in [3.8, 4) is 0 Å². The van der Waals surface area contributed by atoms with Crippen LogP contribution in [0.4, 0.5) is 18.3 Å². The quantitative estimate of drug-likeness (QED) is 0.921. The van der Waals surface area contributed by atoms with Crippen LogP contribution < -0.4 is 5.32 Å². The van der Waals surface area contributed by atoms with Crippen molar-refractivity contribution in [3.05, 3.63) is 5.01 Å². The zero-order valence-corrected chi connectivity index (χ0v) is 11.2. The number of anilines is 1. The number of thioether (sulfide) groups is 1. The van der Waals surface area contributed by atoms with E-state index < -0.39 is 11.2 Å². The minimum absolute atomic E-state index is 0.230. The molecule has 1 aliphatic rings. The lowest BCUT2D eigenvalue weighted by Gasteiger charge is -2.25. The van der Waals surface area contributed by atoms with Gasteiger partial charge in [0, 0.05) is 37.7 Å². The van der Waals surface area contributed by atoms with E-state index in [4.69, 9.17) is 0 Å². The Hall–Kier alpha value is -0.540. The van der Waals surface area contributed by atoms with E-state index in [0.717, 1.165) is 31.1 Å². The summed E-state index contributed by atoms with van der Waals surface area (Å²) in [6.45, 7) is 3.49. The molecule has 1 fully saturated rings. The lowest BCUT2D eigenvalue weighted by Crippen LogP contribution is -2.36. The highest BCUT2D eigenvalue weighted by atomic mass is 32.2. The fourth-order valence-electron chi connectivity index (χ4n) is 1.55. The molecule has 1 aromatic rings. The third kappa shape index (κ3) is 3.99. The molecule has 4 nitrogen and oxygen atoms in total. The summed E-state index contributed by atoms with van der Waals surface area (Å²) in [5.74, 6) is 2.24. The van der Waals surface area contributed by atoms with Gasteiger partial charge in [-0.25, -0.2) is 0 Å². The molecule has 0 bridgehead atoms. The summed E-state index contributed by atoms with van der Waals surface area (Å²) in [5, 5.41) is 8.80. The highest BCUT2D eigenvalue weighted by molar-refractivity contribution is 7.99. The maximum atomic E-state index is 12.3. The smallest absolute Gasteiger partial charge is 0.359 e. The number of hydrogen-bond donors (Lipinski definition) is 1. The molecule has 0 spiro atoms. The number of halogens is 3. The van der Waals surface area contributed by atoms with Crippen LogP contribution in [0.3, 0.4) is 0 Å². The predicted molar refractivity (Wildman–Crippen MR) is 67.2 cm³/mol. The average Bonchev–Trinajstić information content (AvgIpc) is 2.79. The van der Waals surface area contributed by atoms with Crippen molar-refractivity contribution in [1.82, 2.24) is 15.1 Å². The van der Waals surface area contributed by atoms with Gasteiger partial charge < -0.3 is 5.32 Å². The Morgan fingerprint density at radius 3 is 2.56 bits per heavy atom. The van der Waals surface area contributed by atoms with Gasteiger partial charge in [-0.3, -0.25) is 4.90 Å². The highest BCUT2D eigenvalue weighted by Crippen LogP contribution is 2.32. The minimum Gasteiger partial charge on any atom is -0.359 e. The third-order valence-corrected chi connectivity index (χ3v) is 4.34. The average molecular weight is 298 g/mol. The van der Waals surface area contributed by atoms with Gasteiger partial charge in [-0.15, -0.1) is 10.2 Å². The standard InChI is InChI=1S/C9H13F3N4S2/c10-9(11,12)7-14-15-8(18-7)13-1-2-16-3-5-17-6-4-16/h1-6H2,(H,13,15). The molecule has 0 amide bonds. The van der Waals surface area contributed by atoms with Gasteiger partial charge >= 0.3 is 6.18 Å². The maximum Gasteiger partial charge on any atom is 0.445 e. The van der Waals surface area contributed by atoms with Crippen LogP contribution in [-0.4, -0.2) is 52.8 Å². The Bertz CT molecular complexity index is 376. The second kappa shape index (κ2) is 6.07. The van der Waals surface area contributed by atoms with Crippen molar-refractivity contribution in [2.45, 2.75) is 6.18 Å². The Balaban J connectivity index is 1.74. The number of aromatic nitrogens is 2. The lowest BCUT2D eigenvalue weighted by molar-refractivity contribution is -0.138. The summed E-state index contributed by atoms with van der Waals surface area (Å²) in [6, 6.07) is 0. The van der Waals surface area contributed by atoms with Crippen molar-refractivity contribution < 1.29 is 13.2 Å². The van der Waals surface area contributed by atoms with E-state index in [2.05, 4.69) is 20.4 Å². The number of hydrogen-bond acceptors (Lipinski definition) is 6. The predicted octanol–water partition coefficient (Wildman–Crippen LogP) is 2.02.